The summed E-state index contributed by atoms with van der Waals surface area (Å²) in [7, 11) is 1.36. The van der Waals surface area contributed by atoms with Crippen molar-refractivity contribution in [1.29, 1.82) is 0 Å². The second-order valence-corrected chi connectivity index (χ2v) is 7.02. The fourth-order valence-electron chi connectivity index (χ4n) is 3.12. The van der Waals surface area contributed by atoms with E-state index >= 15 is 0 Å². The molecule has 2 aromatic heterocycles. The largest absolute Gasteiger partial charge is 0.465 e. The van der Waals surface area contributed by atoms with E-state index < -0.39 is 0 Å². The number of aromatic nitrogens is 2. The van der Waals surface area contributed by atoms with Gasteiger partial charge in [-0.15, -0.1) is 11.3 Å². The van der Waals surface area contributed by atoms with Crippen LogP contribution in [-0.4, -0.2) is 23.0 Å². The molecule has 6 heteroatoms. The minimum atomic E-state index is -0.363. The Hall–Kier alpha value is -2.73. The summed E-state index contributed by atoms with van der Waals surface area (Å²) in [4.78, 5) is 33.4. The lowest BCUT2D eigenvalue weighted by atomic mass is 10.1. The van der Waals surface area contributed by atoms with Gasteiger partial charge in [0.2, 0.25) is 0 Å². The Bertz CT molecular complexity index is 1040. The minimum absolute atomic E-state index is 0.0647. The number of methoxy groups -OCH3 is 1. The molecule has 126 valence electrons. The van der Waals surface area contributed by atoms with E-state index in [1.165, 1.54) is 17.6 Å². The Morgan fingerprint density at radius 3 is 2.80 bits per heavy atom. The van der Waals surface area contributed by atoms with Crippen LogP contribution in [-0.2, 0) is 17.6 Å². The number of ether oxygens (including phenoxy) is 1. The summed E-state index contributed by atoms with van der Waals surface area (Å²) in [5, 5.41) is 0.761. The van der Waals surface area contributed by atoms with Crippen LogP contribution in [0.5, 0.6) is 0 Å². The molecule has 0 atom stereocenters. The van der Waals surface area contributed by atoms with E-state index in [1.54, 1.807) is 29.5 Å². The van der Waals surface area contributed by atoms with Crippen LogP contribution in [0.3, 0.4) is 0 Å². The lowest BCUT2D eigenvalue weighted by molar-refractivity contribution is 0.0600. The lowest BCUT2D eigenvalue weighted by Crippen LogP contribution is -2.09. The van der Waals surface area contributed by atoms with E-state index in [2.05, 4.69) is 14.7 Å². The first-order valence-electron chi connectivity index (χ1n) is 8.07. The van der Waals surface area contributed by atoms with Crippen LogP contribution in [0.2, 0.25) is 0 Å². The average molecular weight is 352 g/mol. The predicted octanol–water partition coefficient (Wildman–Crippen LogP) is 3.43. The number of hydrogen-bond acceptors (Lipinski definition) is 5. The molecule has 0 aliphatic heterocycles. The maximum Gasteiger partial charge on any atom is 0.337 e. The molecule has 0 unspecified atom stereocenters. The van der Waals surface area contributed by atoms with Gasteiger partial charge in [0.25, 0.3) is 5.56 Å². The number of esters is 1. The fourth-order valence-corrected chi connectivity index (χ4v) is 4.39. The van der Waals surface area contributed by atoms with Crippen LogP contribution in [0.1, 0.15) is 38.6 Å². The van der Waals surface area contributed by atoms with Crippen molar-refractivity contribution < 1.29 is 9.53 Å². The van der Waals surface area contributed by atoms with E-state index in [0.717, 1.165) is 35.0 Å². The van der Waals surface area contributed by atoms with Gasteiger partial charge in [0, 0.05) is 4.88 Å². The number of rotatable bonds is 3. The summed E-state index contributed by atoms with van der Waals surface area (Å²) in [6.45, 7) is 0. The second kappa shape index (κ2) is 6.29. The van der Waals surface area contributed by atoms with Crippen molar-refractivity contribution in [2.75, 3.05) is 7.11 Å². The zero-order valence-electron chi connectivity index (χ0n) is 13.7. The minimum Gasteiger partial charge on any atom is -0.465 e. The number of thiophene rings is 1. The molecule has 0 radical (unpaired) electrons. The molecule has 0 fully saturated rings. The molecule has 1 N–H and O–H groups in total. The Labute approximate surface area is 148 Å². The number of benzene rings is 1. The molecule has 4 rings (SSSR count). The molecule has 0 amide bonds. The zero-order chi connectivity index (χ0) is 17.4. The number of carbonyl (C=O) groups is 1. The standard InChI is InChI=1S/C19H16N2O3S/c1-24-19(23)12-8-5-11(6-9-12)7-10-15-20-17(22)16-13-3-2-4-14(13)25-18(16)21-15/h5-10H,2-4H2,1H3,(H,20,21,22)/b10-7+. The highest BCUT2D eigenvalue weighted by molar-refractivity contribution is 7.18. The van der Waals surface area contributed by atoms with Crippen LogP contribution in [0.25, 0.3) is 22.4 Å². The maximum absolute atomic E-state index is 12.4. The third-order valence-corrected chi connectivity index (χ3v) is 5.54. The number of nitrogens with zero attached hydrogens (tertiary/aromatic N) is 1. The Morgan fingerprint density at radius 1 is 1.24 bits per heavy atom. The van der Waals surface area contributed by atoms with Crippen LogP contribution in [0.4, 0.5) is 0 Å². The van der Waals surface area contributed by atoms with Crippen molar-refractivity contribution in [3.05, 3.63) is 62.0 Å². The highest BCUT2D eigenvalue weighted by Crippen LogP contribution is 2.34. The highest BCUT2D eigenvalue weighted by atomic mass is 32.1. The Morgan fingerprint density at radius 2 is 2.04 bits per heavy atom. The number of hydrogen-bond donors (Lipinski definition) is 1. The second-order valence-electron chi connectivity index (χ2n) is 5.94. The molecule has 3 aromatic rings. The molecule has 1 aliphatic carbocycles. The molecular formula is C19H16N2O3S. The molecule has 0 saturated heterocycles. The third kappa shape index (κ3) is 2.89. The van der Waals surface area contributed by atoms with Crippen molar-refractivity contribution in [3.63, 3.8) is 0 Å². The number of aromatic amines is 1. The SMILES string of the molecule is COC(=O)c1ccc(/C=C/c2nc3sc4c(c3c(=O)[nH]2)CCC4)cc1. The van der Waals surface area contributed by atoms with Gasteiger partial charge < -0.3 is 9.72 Å². The van der Waals surface area contributed by atoms with Gasteiger partial charge in [0.05, 0.1) is 18.1 Å². The van der Waals surface area contributed by atoms with Crippen molar-refractivity contribution >= 4 is 39.7 Å². The Balaban J connectivity index is 1.63. The normalized spacial score (nSPS) is 13.5. The van der Waals surface area contributed by atoms with E-state index in [0.29, 0.717) is 11.4 Å². The Kier molecular flexibility index (Phi) is 3.97. The van der Waals surface area contributed by atoms with Gasteiger partial charge in [0.15, 0.2) is 0 Å². The first-order valence-corrected chi connectivity index (χ1v) is 8.88. The summed E-state index contributed by atoms with van der Waals surface area (Å²) in [6.07, 6.45) is 6.78. The van der Waals surface area contributed by atoms with Crippen molar-refractivity contribution in [1.82, 2.24) is 9.97 Å². The lowest BCUT2D eigenvalue weighted by Gasteiger charge is -1.99. The molecule has 1 aromatic carbocycles. The summed E-state index contributed by atoms with van der Waals surface area (Å²) in [6, 6.07) is 7.04. The van der Waals surface area contributed by atoms with Crippen LogP contribution in [0, 0.1) is 0 Å². The van der Waals surface area contributed by atoms with Gasteiger partial charge in [-0.1, -0.05) is 18.2 Å². The number of carbonyl (C=O) groups excluding carboxylic acids is 1. The zero-order valence-corrected chi connectivity index (χ0v) is 14.5. The van der Waals surface area contributed by atoms with Crippen LogP contribution in [0.15, 0.2) is 29.1 Å². The van der Waals surface area contributed by atoms with Crippen LogP contribution >= 0.6 is 11.3 Å². The third-order valence-electron chi connectivity index (χ3n) is 4.36. The number of fused-ring (bicyclic) bond motifs is 3. The topological polar surface area (TPSA) is 72.0 Å². The molecule has 25 heavy (non-hydrogen) atoms. The predicted molar refractivity (Wildman–Crippen MR) is 99.0 cm³/mol. The van der Waals surface area contributed by atoms with Crippen molar-refractivity contribution in [2.45, 2.75) is 19.3 Å². The average Bonchev–Trinajstić information content (AvgIpc) is 3.20. The van der Waals surface area contributed by atoms with E-state index in [1.807, 2.05) is 18.2 Å². The van der Waals surface area contributed by atoms with Crippen molar-refractivity contribution in [3.8, 4) is 0 Å². The molecule has 1 aliphatic rings. The maximum atomic E-state index is 12.4. The summed E-state index contributed by atoms with van der Waals surface area (Å²) in [5.41, 5.74) is 2.53. The summed E-state index contributed by atoms with van der Waals surface area (Å²) >= 11 is 1.63. The first-order chi connectivity index (χ1) is 12.2. The summed E-state index contributed by atoms with van der Waals surface area (Å²) in [5.74, 6) is 0.173. The van der Waals surface area contributed by atoms with Gasteiger partial charge in [-0.25, -0.2) is 9.78 Å². The van der Waals surface area contributed by atoms with Gasteiger partial charge in [0.1, 0.15) is 10.7 Å². The van der Waals surface area contributed by atoms with Gasteiger partial charge >= 0.3 is 5.97 Å². The van der Waals surface area contributed by atoms with E-state index in [4.69, 9.17) is 0 Å². The number of aryl methyl sites for hydroxylation is 2. The molecule has 0 bridgehead atoms. The number of nitrogens with one attached hydrogen (secondary N) is 1. The molecule has 0 saturated carbocycles. The molecule has 0 spiro atoms. The van der Waals surface area contributed by atoms with Crippen LogP contribution < -0.4 is 5.56 Å². The number of H-pyrrole nitrogens is 1. The van der Waals surface area contributed by atoms with E-state index in [9.17, 15) is 9.59 Å². The highest BCUT2D eigenvalue weighted by Gasteiger charge is 2.20. The fraction of sp³-hybridized carbons (Fsp3) is 0.211. The van der Waals surface area contributed by atoms with Gasteiger partial charge in [-0.3, -0.25) is 4.79 Å². The first kappa shape index (κ1) is 15.8. The smallest absolute Gasteiger partial charge is 0.337 e. The van der Waals surface area contributed by atoms with Crippen molar-refractivity contribution in [2.24, 2.45) is 0 Å². The van der Waals surface area contributed by atoms with Gasteiger partial charge in [-0.2, -0.15) is 0 Å². The summed E-state index contributed by atoms with van der Waals surface area (Å²) < 4.78 is 4.68. The monoisotopic (exact) mass is 352 g/mol. The van der Waals surface area contributed by atoms with E-state index in [-0.39, 0.29) is 11.5 Å². The molecule has 2 heterocycles. The van der Waals surface area contributed by atoms with Gasteiger partial charge in [-0.05, 0) is 48.6 Å². The molecule has 5 nitrogen and oxygen atoms in total. The molecular weight excluding hydrogens is 336 g/mol. The quantitative estimate of drug-likeness (QED) is 0.733.